The van der Waals surface area contributed by atoms with Gasteiger partial charge in [0, 0.05) is 44.8 Å². The molecule has 24 heteroatoms. The van der Waals surface area contributed by atoms with E-state index in [9.17, 15) is 53.0 Å². The lowest BCUT2D eigenvalue weighted by Gasteiger charge is -2.28. The number of benzene rings is 1. The quantitative estimate of drug-likeness (QED) is 0.0148. The first-order chi connectivity index (χ1) is 31.5. The minimum Gasteiger partial charge on any atom is -0.494 e. The second-order valence-electron chi connectivity index (χ2n) is 15.7. The molecule has 0 aliphatic carbocycles. The first kappa shape index (κ1) is 56.9. The lowest BCUT2D eigenvalue weighted by Crippen LogP contribution is -2.53. The Labute approximate surface area is 384 Å². The minimum atomic E-state index is -4.68. The molecule has 2 heterocycles. The van der Waals surface area contributed by atoms with Crippen LogP contribution in [0.2, 0.25) is 0 Å². The van der Waals surface area contributed by atoms with Gasteiger partial charge in [0.05, 0.1) is 32.1 Å². The van der Waals surface area contributed by atoms with E-state index in [2.05, 4.69) is 26.6 Å². The molecule has 0 saturated heterocycles. The first-order valence-electron chi connectivity index (χ1n) is 22.1. The number of ether oxygens (including phenoxy) is 4. The number of amides is 6. The van der Waals surface area contributed by atoms with Crippen LogP contribution in [-0.4, -0.2) is 129 Å². The number of nitrogens with one attached hydrogen (secondary N) is 6. The van der Waals surface area contributed by atoms with Gasteiger partial charge < -0.3 is 50.4 Å². The van der Waals surface area contributed by atoms with E-state index in [0.717, 1.165) is 0 Å². The van der Waals surface area contributed by atoms with Gasteiger partial charge in [-0.15, -0.1) is 0 Å². The molecule has 0 spiro atoms. The third-order valence-electron chi connectivity index (χ3n) is 9.58. The Bertz CT molecular complexity index is 1770. The number of phosphoric ester groups is 1. The highest BCUT2D eigenvalue weighted by Gasteiger charge is 2.36. The number of fused-ring (bicyclic) bond motifs is 11. The first-order valence-corrected chi connectivity index (χ1v) is 23.6. The van der Waals surface area contributed by atoms with E-state index < -0.39 is 93.3 Å². The van der Waals surface area contributed by atoms with Gasteiger partial charge in [0.2, 0.25) is 35.8 Å². The molecule has 66 heavy (non-hydrogen) atoms. The van der Waals surface area contributed by atoms with Crippen molar-refractivity contribution in [1.82, 2.24) is 32.1 Å². The fourth-order valence-electron chi connectivity index (χ4n) is 6.34. The molecule has 2 aliphatic rings. The topological polar surface area (TPSA) is 322 Å². The summed E-state index contributed by atoms with van der Waals surface area (Å²) < 4.78 is 43.0. The van der Waals surface area contributed by atoms with Crippen molar-refractivity contribution in [3.8, 4) is 5.75 Å². The number of esters is 1. The molecule has 1 unspecified atom stereocenters. The second kappa shape index (κ2) is 31.7. The Morgan fingerprint density at radius 2 is 1.58 bits per heavy atom. The maximum absolute atomic E-state index is 13.7. The van der Waals surface area contributed by atoms with Gasteiger partial charge >= 0.3 is 19.9 Å². The summed E-state index contributed by atoms with van der Waals surface area (Å²) in [6.07, 6.45) is 0.180. The predicted molar refractivity (Wildman–Crippen MR) is 233 cm³/mol. The molecule has 372 valence electrons. The Kier molecular flexibility index (Phi) is 27.3. The molecule has 0 fully saturated rings. The number of rotatable bonds is 28. The monoisotopic (exact) mass is 958 g/mol. The lowest BCUT2D eigenvalue weighted by atomic mass is 9.81. The number of carbonyl (C=O) groups excluding carboxylic acids is 8. The number of hydroxylamine groups is 1. The van der Waals surface area contributed by atoms with Crippen LogP contribution in [0.4, 0.5) is 4.79 Å². The van der Waals surface area contributed by atoms with E-state index in [0.29, 0.717) is 37.0 Å². The highest BCUT2D eigenvalue weighted by molar-refractivity contribution is 7.47. The molecule has 0 aromatic heterocycles. The molecule has 0 radical (unpaired) electrons. The second-order valence-corrected chi connectivity index (χ2v) is 17.1. The Balaban J connectivity index is 1.71. The summed E-state index contributed by atoms with van der Waals surface area (Å²) in [5, 5.41) is 22.3. The Morgan fingerprint density at radius 1 is 0.879 bits per heavy atom. The summed E-state index contributed by atoms with van der Waals surface area (Å²) in [4.78, 5) is 110. The molecule has 1 aromatic carbocycles. The average Bonchev–Trinajstić information content (AvgIpc) is 3.27. The van der Waals surface area contributed by atoms with Crippen LogP contribution >= 0.6 is 7.82 Å². The van der Waals surface area contributed by atoms with E-state index >= 15 is 0 Å². The zero-order chi connectivity index (χ0) is 48.9. The standard InChI is InChI=1S/C42H67N6O17P/c1-5-9-30(49)26-62-38(65-37(52)10-6-2)27-64-66(58,59)63-22-19-44-35(50)16-21-61-42(56)45-18-8-17-43-36(51)25-46-41(55)34-24-29-12-14-31(15-13-29)60-20-7-11-32(40(54)48-57)33(23-28(3)4)39(53)47-34/h12-15,28,32-34,38,57H,5-11,16-27H2,1-4H3,(H,43,51)(H,44,50)(H,45,56)(H,46,55)(H,47,53)(H,48,54)(H,58,59)/t32-,33+,34-,38-/m0/s1. The number of hydrogen-bond donors (Lipinski definition) is 8. The molecule has 1 aromatic rings. The molecule has 6 amide bonds. The number of Topliss-reactive ketones (excluding diaryl/α,β-unsaturated/α-hetero) is 1. The third-order valence-corrected chi connectivity index (χ3v) is 10.6. The van der Waals surface area contributed by atoms with Crippen molar-refractivity contribution in [2.24, 2.45) is 17.8 Å². The summed E-state index contributed by atoms with van der Waals surface area (Å²) in [5.74, 6) is -5.07. The summed E-state index contributed by atoms with van der Waals surface area (Å²) in [7, 11) is -4.68. The zero-order valence-corrected chi connectivity index (χ0v) is 39.0. The molecule has 2 bridgehead atoms. The molecule has 23 nitrogen and oxygen atoms in total. The summed E-state index contributed by atoms with van der Waals surface area (Å²) in [6.45, 7) is 5.37. The normalized spacial score (nSPS) is 17.7. The van der Waals surface area contributed by atoms with E-state index in [1.165, 1.54) is 0 Å². The van der Waals surface area contributed by atoms with Crippen LogP contribution in [0, 0.1) is 17.8 Å². The fourth-order valence-corrected chi connectivity index (χ4v) is 7.05. The van der Waals surface area contributed by atoms with Gasteiger partial charge in [-0.25, -0.2) is 14.8 Å². The largest absolute Gasteiger partial charge is 0.494 e. The van der Waals surface area contributed by atoms with Crippen LogP contribution in [0.15, 0.2) is 24.3 Å². The van der Waals surface area contributed by atoms with Gasteiger partial charge in [-0.1, -0.05) is 39.8 Å². The van der Waals surface area contributed by atoms with Gasteiger partial charge in [0.1, 0.15) is 31.6 Å². The Morgan fingerprint density at radius 3 is 2.26 bits per heavy atom. The van der Waals surface area contributed by atoms with E-state index in [1.807, 2.05) is 13.8 Å². The van der Waals surface area contributed by atoms with E-state index in [1.54, 1.807) is 43.6 Å². The van der Waals surface area contributed by atoms with Gasteiger partial charge in [0.15, 0.2) is 5.78 Å². The molecule has 5 atom stereocenters. The Hall–Kier alpha value is -5.19. The smallest absolute Gasteiger partial charge is 0.472 e. The van der Waals surface area contributed by atoms with Gasteiger partial charge in [0.25, 0.3) is 0 Å². The lowest BCUT2D eigenvalue weighted by molar-refractivity contribution is -0.187. The fraction of sp³-hybridized carbons (Fsp3) is 0.667. The van der Waals surface area contributed by atoms with Crippen molar-refractivity contribution in [2.75, 3.05) is 59.2 Å². The van der Waals surface area contributed by atoms with Crippen LogP contribution in [0.5, 0.6) is 5.75 Å². The molecular weight excluding hydrogens is 891 g/mol. The van der Waals surface area contributed by atoms with Crippen molar-refractivity contribution in [3.63, 3.8) is 0 Å². The molecule has 3 rings (SSSR count). The van der Waals surface area contributed by atoms with Gasteiger partial charge in [-0.3, -0.25) is 47.8 Å². The molecule has 2 aliphatic heterocycles. The molecular formula is C42H67N6O17P. The average molecular weight is 959 g/mol. The third kappa shape index (κ3) is 24.4. The maximum Gasteiger partial charge on any atom is 0.472 e. The highest BCUT2D eigenvalue weighted by atomic mass is 31.2. The number of carbonyl (C=O) groups is 8. The van der Waals surface area contributed by atoms with Gasteiger partial charge in [-0.05, 0) is 62.1 Å². The van der Waals surface area contributed by atoms with Crippen LogP contribution < -0.4 is 36.8 Å². The maximum atomic E-state index is 13.7. The van der Waals surface area contributed by atoms with Crippen molar-refractivity contribution in [3.05, 3.63) is 29.8 Å². The van der Waals surface area contributed by atoms with Crippen molar-refractivity contribution in [2.45, 2.75) is 104 Å². The number of ketones is 1. The summed E-state index contributed by atoms with van der Waals surface area (Å²) in [6, 6.07) is 5.88. The number of hydrogen-bond acceptors (Lipinski definition) is 16. The van der Waals surface area contributed by atoms with Crippen LogP contribution in [0.3, 0.4) is 0 Å². The zero-order valence-electron chi connectivity index (χ0n) is 38.1. The number of alkyl carbamates (subject to hydrolysis) is 1. The molecule has 0 saturated carbocycles. The highest BCUT2D eigenvalue weighted by Crippen LogP contribution is 2.43. The van der Waals surface area contributed by atoms with Crippen molar-refractivity contribution in [1.29, 1.82) is 0 Å². The number of phosphoric acid groups is 1. The van der Waals surface area contributed by atoms with Crippen LogP contribution in [0.25, 0.3) is 0 Å². The van der Waals surface area contributed by atoms with Crippen LogP contribution in [0.1, 0.15) is 91.0 Å². The predicted octanol–water partition coefficient (Wildman–Crippen LogP) is 1.71. The van der Waals surface area contributed by atoms with Gasteiger partial charge in [-0.2, -0.15) is 0 Å². The summed E-state index contributed by atoms with van der Waals surface area (Å²) in [5.41, 5.74) is 2.37. The van der Waals surface area contributed by atoms with Crippen molar-refractivity contribution >= 4 is 55.2 Å². The summed E-state index contributed by atoms with van der Waals surface area (Å²) >= 11 is 0. The molecule has 8 N–H and O–H groups in total. The minimum absolute atomic E-state index is 0.00376. The SMILES string of the molecule is CCCC(=O)CO[C@H](COP(=O)(O)OCCNC(=O)CCOC(=O)NCCCNC(=O)CNC(=O)[C@@H]1Cc2ccc(cc2)OCCC[C@H](C(=O)NO)[C@@H](CC(C)C)C(=O)N1)OC(=O)CCC. The van der Waals surface area contributed by atoms with Crippen LogP contribution in [-0.2, 0) is 67.8 Å². The van der Waals surface area contributed by atoms with E-state index in [4.69, 9.17) is 28.0 Å². The van der Waals surface area contributed by atoms with E-state index in [-0.39, 0.29) is 89.7 Å². The van der Waals surface area contributed by atoms with Crippen molar-refractivity contribution < 1.29 is 81.0 Å².